The maximum atomic E-state index is 13.3. The van der Waals surface area contributed by atoms with Crippen LogP contribution >= 0.6 is 0 Å². The predicted molar refractivity (Wildman–Crippen MR) is 129 cm³/mol. The first kappa shape index (κ1) is 21.3. The van der Waals surface area contributed by atoms with E-state index in [1.165, 1.54) is 0 Å². The van der Waals surface area contributed by atoms with Gasteiger partial charge in [0.1, 0.15) is 0 Å². The van der Waals surface area contributed by atoms with Gasteiger partial charge in [0.2, 0.25) is 0 Å². The van der Waals surface area contributed by atoms with Crippen molar-refractivity contribution in [1.82, 2.24) is 14.8 Å². The predicted octanol–water partition coefficient (Wildman–Crippen LogP) is 5.68. The van der Waals surface area contributed by atoms with Gasteiger partial charge < -0.3 is 10.2 Å². The van der Waals surface area contributed by atoms with Crippen molar-refractivity contribution in [3.05, 3.63) is 95.9 Å². The summed E-state index contributed by atoms with van der Waals surface area (Å²) in [6, 6.07) is 23.5. The molecule has 162 valence electrons. The smallest absolute Gasteiger partial charge is 0.260 e. The number of rotatable bonds is 6. The van der Waals surface area contributed by atoms with Gasteiger partial charge in [-0.3, -0.25) is 4.79 Å². The molecule has 0 atom stereocenters. The molecule has 0 radical (unpaired) electrons. The molecule has 2 heterocycles. The summed E-state index contributed by atoms with van der Waals surface area (Å²) in [6.07, 6.45) is 1.62. The fraction of sp³-hybridized carbons (Fsp3) is 0.192. The molecule has 0 bridgehead atoms. The molecule has 4 rings (SSSR count). The molecule has 0 fully saturated rings. The number of nitrogens with zero attached hydrogens (tertiary/aromatic N) is 4. The third-order valence-corrected chi connectivity index (χ3v) is 5.16. The first-order valence-electron chi connectivity index (χ1n) is 10.7. The van der Waals surface area contributed by atoms with Crippen LogP contribution in [0.2, 0.25) is 0 Å². The molecule has 0 aliphatic carbocycles. The average Bonchev–Trinajstić information content (AvgIpc) is 3.13. The van der Waals surface area contributed by atoms with E-state index in [0.29, 0.717) is 11.4 Å². The number of hydrogen-bond acceptors (Lipinski definition) is 4. The van der Waals surface area contributed by atoms with Crippen molar-refractivity contribution in [2.75, 3.05) is 10.2 Å². The zero-order chi connectivity index (χ0) is 22.7. The van der Waals surface area contributed by atoms with Gasteiger partial charge in [0.25, 0.3) is 5.91 Å². The summed E-state index contributed by atoms with van der Waals surface area (Å²) in [5, 5.41) is 7.82. The highest BCUT2D eigenvalue weighted by atomic mass is 16.2. The molecule has 0 unspecified atom stereocenters. The molecule has 1 N–H and O–H groups in total. The third kappa shape index (κ3) is 4.54. The highest BCUT2D eigenvalue weighted by Crippen LogP contribution is 2.24. The number of aromatic nitrogens is 3. The number of anilines is 3. The number of carbonyl (C=O) groups excluding carboxylic acids is 1. The monoisotopic (exact) mass is 425 g/mol. The largest absolute Gasteiger partial charge is 0.356 e. The van der Waals surface area contributed by atoms with Crippen LogP contribution < -0.4 is 10.2 Å². The minimum atomic E-state index is -0.0869. The SMILES string of the molecule is Cc1cc(C)n(-c2ccc(C(=O)N(c3ccc(Nc4ccccc4)cc3)C(C)C)cn2)n1. The van der Waals surface area contributed by atoms with E-state index in [1.807, 2.05) is 100 Å². The molecule has 6 heteroatoms. The van der Waals surface area contributed by atoms with Crippen LogP contribution in [0.5, 0.6) is 0 Å². The van der Waals surface area contributed by atoms with Crippen molar-refractivity contribution >= 4 is 23.0 Å². The summed E-state index contributed by atoms with van der Waals surface area (Å²) < 4.78 is 1.78. The number of benzene rings is 2. The Bertz CT molecular complexity index is 1200. The molecule has 0 saturated carbocycles. The normalized spacial score (nSPS) is 10.9. The van der Waals surface area contributed by atoms with E-state index in [9.17, 15) is 4.79 Å². The Kier molecular flexibility index (Phi) is 6.03. The van der Waals surface area contributed by atoms with Crippen LogP contribution in [0.25, 0.3) is 5.82 Å². The third-order valence-electron chi connectivity index (χ3n) is 5.16. The molecule has 0 spiro atoms. The van der Waals surface area contributed by atoms with Gasteiger partial charge in [-0.2, -0.15) is 5.10 Å². The Balaban J connectivity index is 1.54. The minimum absolute atomic E-state index is 0.00822. The second-order valence-electron chi connectivity index (χ2n) is 8.05. The van der Waals surface area contributed by atoms with E-state index in [0.717, 1.165) is 28.5 Å². The highest BCUT2D eigenvalue weighted by molar-refractivity contribution is 6.06. The van der Waals surface area contributed by atoms with Crippen molar-refractivity contribution in [2.45, 2.75) is 33.7 Å². The maximum absolute atomic E-state index is 13.3. The number of nitrogens with one attached hydrogen (secondary N) is 1. The topological polar surface area (TPSA) is 63.1 Å². The minimum Gasteiger partial charge on any atom is -0.356 e. The Labute approximate surface area is 188 Å². The van der Waals surface area contributed by atoms with Gasteiger partial charge in [0, 0.05) is 35.0 Å². The summed E-state index contributed by atoms with van der Waals surface area (Å²) >= 11 is 0. The van der Waals surface area contributed by atoms with E-state index in [1.54, 1.807) is 15.8 Å². The Morgan fingerprint density at radius 2 is 1.62 bits per heavy atom. The van der Waals surface area contributed by atoms with Crippen molar-refractivity contribution in [2.24, 2.45) is 0 Å². The van der Waals surface area contributed by atoms with Crippen molar-refractivity contribution < 1.29 is 4.79 Å². The van der Waals surface area contributed by atoms with E-state index >= 15 is 0 Å². The van der Waals surface area contributed by atoms with E-state index in [2.05, 4.69) is 15.4 Å². The van der Waals surface area contributed by atoms with Gasteiger partial charge in [-0.1, -0.05) is 18.2 Å². The van der Waals surface area contributed by atoms with Crippen LogP contribution in [-0.4, -0.2) is 26.7 Å². The van der Waals surface area contributed by atoms with Crippen LogP contribution in [-0.2, 0) is 0 Å². The molecule has 32 heavy (non-hydrogen) atoms. The Morgan fingerprint density at radius 1 is 0.938 bits per heavy atom. The molecule has 4 aromatic rings. The lowest BCUT2D eigenvalue weighted by atomic mass is 10.1. The molecule has 2 aromatic carbocycles. The Morgan fingerprint density at radius 3 is 2.19 bits per heavy atom. The lowest BCUT2D eigenvalue weighted by molar-refractivity contribution is 0.0980. The Hall–Kier alpha value is -3.93. The van der Waals surface area contributed by atoms with Crippen molar-refractivity contribution in [3.8, 4) is 5.82 Å². The molecule has 2 aromatic heterocycles. The summed E-state index contributed by atoms with van der Waals surface area (Å²) in [5.41, 5.74) is 5.29. The first-order valence-corrected chi connectivity index (χ1v) is 10.7. The molecule has 0 saturated heterocycles. The summed E-state index contributed by atoms with van der Waals surface area (Å²) in [6.45, 7) is 7.94. The van der Waals surface area contributed by atoms with Gasteiger partial charge in [-0.25, -0.2) is 9.67 Å². The number of carbonyl (C=O) groups is 1. The standard InChI is InChI=1S/C26H27N5O/c1-18(2)30(24-13-11-23(12-14-24)28-22-8-6-5-7-9-22)26(32)21-10-15-25(27-17-21)31-20(4)16-19(3)29-31/h5-18,28H,1-4H3. The van der Waals surface area contributed by atoms with Gasteiger partial charge >= 0.3 is 0 Å². The summed E-state index contributed by atoms with van der Waals surface area (Å²) in [7, 11) is 0. The van der Waals surface area contributed by atoms with Gasteiger partial charge in [0.05, 0.1) is 11.3 Å². The van der Waals surface area contributed by atoms with Crippen LogP contribution in [0.1, 0.15) is 35.6 Å². The van der Waals surface area contributed by atoms with Crippen LogP contribution in [0.4, 0.5) is 17.1 Å². The number of pyridine rings is 1. The number of para-hydroxylation sites is 1. The van der Waals surface area contributed by atoms with Gasteiger partial charge in [-0.15, -0.1) is 0 Å². The second kappa shape index (κ2) is 9.06. The van der Waals surface area contributed by atoms with Crippen molar-refractivity contribution in [1.29, 1.82) is 0 Å². The van der Waals surface area contributed by atoms with Gasteiger partial charge in [-0.05, 0) is 82.3 Å². The van der Waals surface area contributed by atoms with E-state index < -0.39 is 0 Å². The lowest BCUT2D eigenvalue weighted by Crippen LogP contribution is -2.37. The van der Waals surface area contributed by atoms with Crippen molar-refractivity contribution in [3.63, 3.8) is 0 Å². The zero-order valence-corrected chi connectivity index (χ0v) is 18.8. The number of hydrogen-bond donors (Lipinski definition) is 1. The highest BCUT2D eigenvalue weighted by Gasteiger charge is 2.21. The number of amides is 1. The molecule has 1 amide bonds. The molecule has 6 nitrogen and oxygen atoms in total. The average molecular weight is 426 g/mol. The quantitative estimate of drug-likeness (QED) is 0.431. The zero-order valence-electron chi connectivity index (χ0n) is 18.8. The molecular weight excluding hydrogens is 398 g/mol. The van der Waals surface area contributed by atoms with Gasteiger partial charge in [0.15, 0.2) is 5.82 Å². The van der Waals surface area contributed by atoms with E-state index in [4.69, 9.17) is 0 Å². The van der Waals surface area contributed by atoms with Crippen LogP contribution in [0, 0.1) is 13.8 Å². The molecule has 0 aliphatic rings. The van der Waals surface area contributed by atoms with Crippen LogP contribution in [0.15, 0.2) is 79.0 Å². The summed E-state index contributed by atoms with van der Waals surface area (Å²) in [5.74, 6) is 0.607. The molecule has 0 aliphatic heterocycles. The lowest BCUT2D eigenvalue weighted by Gasteiger charge is -2.27. The van der Waals surface area contributed by atoms with E-state index in [-0.39, 0.29) is 11.9 Å². The van der Waals surface area contributed by atoms with Crippen LogP contribution in [0.3, 0.4) is 0 Å². The fourth-order valence-corrected chi connectivity index (χ4v) is 3.68. The second-order valence-corrected chi connectivity index (χ2v) is 8.05. The maximum Gasteiger partial charge on any atom is 0.260 e. The first-order chi connectivity index (χ1) is 15.4. The fourth-order valence-electron chi connectivity index (χ4n) is 3.68. The number of aryl methyl sites for hydroxylation is 2. The molecular formula is C26H27N5O. The summed E-state index contributed by atoms with van der Waals surface area (Å²) in [4.78, 5) is 19.6.